The fourth-order valence-electron chi connectivity index (χ4n) is 3.75. The van der Waals surface area contributed by atoms with Gasteiger partial charge in [0.2, 0.25) is 0 Å². The summed E-state index contributed by atoms with van der Waals surface area (Å²) in [6.07, 6.45) is 4.08. The van der Waals surface area contributed by atoms with Crippen LogP contribution in [0.2, 0.25) is 0 Å². The lowest BCUT2D eigenvalue weighted by atomic mass is 9.84. The average molecular weight is 339 g/mol. The molecule has 0 bridgehead atoms. The number of rotatable bonds is 4. The molecule has 1 N–H and O–H groups in total. The van der Waals surface area contributed by atoms with Crippen LogP contribution in [-0.4, -0.2) is 31.5 Å². The molecular weight excluding hydrogens is 314 g/mol. The van der Waals surface area contributed by atoms with Crippen molar-refractivity contribution in [3.8, 4) is 11.5 Å². The fourth-order valence-corrected chi connectivity index (χ4v) is 3.75. The molecule has 132 valence electrons. The average Bonchev–Trinajstić information content (AvgIpc) is 2.64. The quantitative estimate of drug-likeness (QED) is 0.882. The second kappa shape index (κ2) is 7.46. The molecule has 1 unspecified atom stereocenters. The second-order valence-corrected chi connectivity index (χ2v) is 6.92. The van der Waals surface area contributed by atoms with Crippen molar-refractivity contribution < 1.29 is 14.2 Å². The largest absolute Gasteiger partial charge is 0.457 e. The van der Waals surface area contributed by atoms with E-state index in [1.807, 2.05) is 42.5 Å². The summed E-state index contributed by atoms with van der Waals surface area (Å²) in [5.41, 5.74) is 1.11. The van der Waals surface area contributed by atoms with Crippen molar-refractivity contribution in [3.05, 3.63) is 54.6 Å². The van der Waals surface area contributed by atoms with E-state index in [0.717, 1.165) is 62.7 Å². The highest BCUT2D eigenvalue weighted by Crippen LogP contribution is 2.35. The molecule has 1 spiro atoms. The van der Waals surface area contributed by atoms with Gasteiger partial charge in [-0.05, 0) is 49.9 Å². The highest BCUT2D eigenvalue weighted by Gasteiger charge is 2.38. The standard InChI is InChI=1S/C21H25NO3/c1-2-6-19(7-3-1)25-20-8-4-5-17(15-20)22-18-9-12-24-21(16-18)10-13-23-14-11-21/h1-8,15,18,22H,9-14,16H2. The summed E-state index contributed by atoms with van der Waals surface area (Å²) >= 11 is 0. The van der Waals surface area contributed by atoms with Crippen LogP contribution in [0.3, 0.4) is 0 Å². The van der Waals surface area contributed by atoms with Gasteiger partial charge in [-0.2, -0.15) is 0 Å². The Labute approximate surface area is 149 Å². The van der Waals surface area contributed by atoms with Crippen LogP contribution in [-0.2, 0) is 9.47 Å². The number of para-hydroxylation sites is 1. The molecule has 2 heterocycles. The summed E-state index contributed by atoms with van der Waals surface area (Å²) < 4.78 is 17.6. The highest BCUT2D eigenvalue weighted by molar-refractivity contribution is 5.50. The van der Waals surface area contributed by atoms with Gasteiger partial charge in [0.05, 0.1) is 5.60 Å². The normalized spacial score (nSPS) is 22.5. The molecule has 2 aliphatic heterocycles. The van der Waals surface area contributed by atoms with Crippen LogP contribution in [0.1, 0.15) is 25.7 Å². The molecule has 2 aliphatic rings. The predicted molar refractivity (Wildman–Crippen MR) is 98.3 cm³/mol. The molecule has 4 nitrogen and oxygen atoms in total. The first-order chi connectivity index (χ1) is 12.3. The first-order valence-corrected chi connectivity index (χ1v) is 9.13. The summed E-state index contributed by atoms with van der Waals surface area (Å²) in [7, 11) is 0. The van der Waals surface area contributed by atoms with Crippen molar-refractivity contribution in [1.82, 2.24) is 0 Å². The third kappa shape index (κ3) is 4.14. The Hall–Kier alpha value is -2.04. The Morgan fingerprint density at radius 2 is 1.72 bits per heavy atom. The monoisotopic (exact) mass is 339 g/mol. The van der Waals surface area contributed by atoms with E-state index in [4.69, 9.17) is 14.2 Å². The van der Waals surface area contributed by atoms with Gasteiger partial charge < -0.3 is 19.5 Å². The van der Waals surface area contributed by atoms with Crippen molar-refractivity contribution in [1.29, 1.82) is 0 Å². The molecule has 0 aromatic heterocycles. The first-order valence-electron chi connectivity index (χ1n) is 9.13. The topological polar surface area (TPSA) is 39.7 Å². The molecule has 25 heavy (non-hydrogen) atoms. The van der Waals surface area contributed by atoms with Gasteiger partial charge in [-0.3, -0.25) is 0 Å². The maximum absolute atomic E-state index is 6.13. The summed E-state index contributed by atoms with van der Waals surface area (Å²) in [5, 5.41) is 3.68. The van der Waals surface area contributed by atoms with E-state index < -0.39 is 0 Å². The number of benzene rings is 2. The van der Waals surface area contributed by atoms with Crippen molar-refractivity contribution in [3.63, 3.8) is 0 Å². The van der Waals surface area contributed by atoms with Gasteiger partial charge in [-0.15, -0.1) is 0 Å². The zero-order valence-corrected chi connectivity index (χ0v) is 14.4. The molecule has 4 rings (SSSR count). The van der Waals surface area contributed by atoms with E-state index in [0.29, 0.717) is 6.04 Å². The molecule has 1 atom stereocenters. The Bertz CT molecular complexity index is 677. The van der Waals surface area contributed by atoms with Crippen LogP contribution >= 0.6 is 0 Å². The predicted octanol–water partition coefficient (Wildman–Crippen LogP) is 4.62. The van der Waals surface area contributed by atoms with Crippen LogP contribution in [0.4, 0.5) is 5.69 Å². The van der Waals surface area contributed by atoms with E-state index in [1.54, 1.807) is 0 Å². The number of nitrogens with one attached hydrogen (secondary N) is 1. The van der Waals surface area contributed by atoms with Crippen LogP contribution in [0.15, 0.2) is 54.6 Å². The zero-order valence-electron chi connectivity index (χ0n) is 14.4. The first kappa shape index (κ1) is 16.4. The molecule has 0 radical (unpaired) electrons. The summed E-state index contributed by atoms with van der Waals surface area (Å²) in [5.74, 6) is 1.70. The molecule has 0 aliphatic carbocycles. The molecule has 2 aromatic carbocycles. The van der Waals surface area contributed by atoms with Crippen LogP contribution in [0, 0.1) is 0 Å². The minimum Gasteiger partial charge on any atom is -0.457 e. The summed E-state index contributed by atoms with van der Waals surface area (Å²) in [6.45, 7) is 2.44. The van der Waals surface area contributed by atoms with E-state index in [9.17, 15) is 0 Å². The Kier molecular flexibility index (Phi) is 4.90. The smallest absolute Gasteiger partial charge is 0.129 e. The second-order valence-electron chi connectivity index (χ2n) is 6.92. The SMILES string of the molecule is c1ccc(Oc2cccc(NC3CCOC4(CCOCC4)C3)c2)cc1. The Morgan fingerprint density at radius 1 is 0.920 bits per heavy atom. The van der Waals surface area contributed by atoms with Gasteiger partial charge in [-0.25, -0.2) is 0 Å². The van der Waals surface area contributed by atoms with Crippen molar-refractivity contribution >= 4 is 5.69 Å². The van der Waals surface area contributed by atoms with E-state index in [1.165, 1.54) is 0 Å². The van der Waals surface area contributed by atoms with Crippen LogP contribution < -0.4 is 10.1 Å². The van der Waals surface area contributed by atoms with Gasteiger partial charge in [0, 0.05) is 37.6 Å². The van der Waals surface area contributed by atoms with Crippen LogP contribution in [0.25, 0.3) is 0 Å². The van der Waals surface area contributed by atoms with Gasteiger partial charge in [0.25, 0.3) is 0 Å². The van der Waals surface area contributed by atoms with Crippen LogP contribution in [0.5, 0.6) is 11.5 Å². The Morgan fingerprint density at radius 3 is 2.56 bits per heavy atom. The van der Waals surface area contributed by atoms with Crippen molar-refractivity contribution in [2.24, 2.45) is 0 Å². The zero-order chi connectivity index (χ0) is 17.0. The van der Waals surface area contributed by atoms with E-state index in [-0.39, 0.29) is 5.60 Å². The molecule has 2 fully saturated rings. The number of ether oxygens (including phenoxy) is 3. The number of hydrogen-bond donors (Lipinski definition) is 1. The molecule has 2 saturated heterocycles. The van der Waals surface area contributed by atoms with E-state index in [2.05, 4.69) is 17.4 Å². The van der Waals surface area contributed by atoms with Gasteiger partial charge in [0.15, 0.2) is 0 Å². The van der Waals surface area contributed by atoms with Crippen molar-refractivity contribution in [2.75, 3.05) is 25.1 Å². The third-order valence-electron chi connectivity index (χ3n) is 5.08. The third-order valence-corrected chi connectivity index (χ3v) is 5.08. The fraction of sp³-hybridized carbons (Fsp3) is 0.429. The highest BCUT2D eigenvalue weighted by atomic mass is 16.5. The minimum atomic E-state index is 0.00627. The maximum Gasteiger partial charge on any atom is 0.129 e. The lowest BCUT2D eigenvalue weighted by Crippen LogP contribution is -2.47. The lowest BCUT2D eigenvalue weighted by molar-refractivity contribution is -0.135. The van der Waals surface area contributed by atoms with Gasteiger partial charge in [0.1, 0.15) is 11.5 Å². The molecule has 4 heteroatoms. The Balaban J connectivity index is 1.41. The van der Waals surface area contributed by atoms with Crippen molar-refractivity contribution in [2.45, 2.75) is 37.3 Å². The van der Waals surface area contributed by atoms with E-state index >= 15 is 0 Å². The number of anilines is 1. The maximum atomic E-state index is 6.13. The lowest BCUT2D eigenvalue weighted by Gasteiger charge is -2.43. The molecule has 0 amide bonds. The molecule has 0 saturated carbocycles. The summed E-state index contributed by atoms with van der Waals surface area (Å²) in [4.78, 5) is 0. The minimum absolute atomic E-state index is 0.00627. The van der Waals surface area contributed by atoms with Gasteiger partial charge in [-0.1, -0.05) is 24.3 Å². The molecule has 2 aromatic rings. The van der Waals surface area contributed by atoms with Gasteiger partial charge >= 0.3 is 0 Å². The summed E-state index contributed by atoms with van der Waals surface area (Å²) in [6, 6.07) is 18.5. The molecular formula is C21H25NO3. The number of hydrogen-bond acceptors (Lipinski definition) is 4.